The number of benzene rings is 3. The van der Waals surface area contributed by atoms with E-state index in [1.807, 2.05) is 70.5 Å². The fourth-order valence-electron chi connectivity index (χ4n) is 7.49. The Kier molecular flexibility index (Phi) is 13.5. The van der Waals surface area contributed by atoms with Crippen molar-refractivity contribution in [3.8, 4) is 28.2 Å². The first-order valence-corrected chi connectivity index (χ1v) is 21.4. The van der Waals surface area contributed by atoms with Crippen molar-refractivity contribution in [1.82, 2.24) is 29.7 Å². The summed E-state index contributed by atoms with van der Waals surface area (Å²) in [7, 11) is 0. The van der Waals surface area contributed by atoms with Crippen molar-refractivity contribution < 1.29 is 19.4 Å². The lowest BCUT2D eigenvalue weighted by molar-refractivity contribution is 0.0698. The summed E-state index contributed by atoms with van der Waals surface area (Å²) in [4.78, 5) is 49.7. The van der Waals surface area contributed by atoms with Gasteiger partial charge in [0, 0.05) is 86.1 Å². The highest BCUT2D eigenvalue weighted by Gasteiger charge is 2.34. The van der Waals surface area contributed by atoms with E-state index in [4.69, 9.17) is 74.0 Å². The average Bonchev–Trinajstić information content (AvgIpc) is 3.28. The first kappa shape index (κ1) is 44.3. The van der Waals surface area contributed by atoms with Crippen molar-refractivity contribution in [2.75, 3.05) is 0 Å². The third-order valence-corrected chi connectivity index (χ3v) is 12.6. The Morgan fingerprint density at radius 1 is 0.571 bits per heavy atom. The lowest BCUT2D eigenvalue weighted by Gasteiger charge is -2.27. The highest BCUT2D eigenvalue weighted by molar-refractivity contribution is 6.54. The number of carbonyl (C=O) groups is 1. The minimum atomic E-state index is -1.48. The monoisotopic (exact) mass is 958 g/mol. The Morgan fingerprint density at radius 3 is 1.48 bits per heavy atom. The third-order valence-electron chi connectivity index (χ3n) is 10.3. The maximum Gasteiger partial charge on any atom is 0.337 e. The van der Waals surface area contributed by atoms with Gasteiger partial charge in [-0.05, 0) is 60.7 Å². The van der Waals surface area contributed by atoms with Gasteiger partial charge in [-0.1, -0.05) is 93.9 Å². The van der Waals surface area contributed by atoms with Gasteiger partial charge in [-0.2, -0.15) is 0 Å². The Labute approximate surface area is 390 Å². The molecule has 11 nitrogen and oxygen atoms in total. The van der Waals surface area contributed by atoms with Crippen molar-refractivity contribution in [2.45, 2.75) is 39.3 Å². The number of phenols is 1. The molecule has 8 rings (SSSR count). The van der Waals surface area contributed by atoms with Crippen LogP contribution in [0.25, 0.3) is 33.4 Å². The van der Waals surface area contributed by atoms with Crippen molar-refractivity contribution >= 4 is 86.5 Å². The largest absolute Gasteiger partial charge is 0.506 e. The Balaban J connectivity index is 1.43. The molecule has 0 amide bonds. The highest BCUT2D eigenvalue weighted by atomic mass is 35.5. The minimum Gasteiger partial charge on any atom is -0.506 e. The Hall–Kier alpha value is -5.34. The predicted octanol–water partition coefficient (Wildman–Crippen LogP) is 11.9. The lowest BCUT2D eigenvalue weighted by atomic mass is 9.88. The number of hydrogen-bond donors (Lipinski definition) is 2. The van der Waals surface area contributed by atoms with Crippen LogP contribution in [0.15, 0.2) is 119 Å². The van der Waals surface area contributed by atoms with Gasteiger partial charge in [0.15, 0.2) is 0 Å². The normalized spacial score (nSPS) is 11.6. The van der Waals surface area contributed by atoms with Crippen molar-refractivity contribution in [3.05, 3.63) is 190 Å². The molecule has 0 saturated heterocycles. The van der Waals surface area contributed by atoms with E-state index in [1.54, 1.807) is 36.9 Å². The minimum absolute atomic E-state index is 0.00915. The zero-order valence-electron chi connectivity index (χ0n) is 32.7. The first-order chi connectivity index (χ1) is 30.4. The van der Waals surface area contributed by atoms with Crippen molar-refractivity contribution in [3.63, 3.8) is 0 Å². The van der Waals surface area contributed by atoms with E-state index in [-0.39, 0.29) is 107 Å². The maximum absolute atomic E-state index is 14.5. The van der Waals surface area contributed by atoms with Crippen LogP contribution >= 0.6 is 69.6 Å². The molecule has 4 aromatic heterocycles. The summed E-state index contributed by atoms with van der Waals surface area (Å²) in [5, 5.41) is 21.4. The van der Waals surface area contributed by atoms with Crippen LogP contribution in [0.4, 0.5) is 0 Å². The molecule has 2 aromatic carbocycles. The number of nitrogens with zero attached hydrogens (tertiary/aromatic N) is 6. The van der Waals surface area contributed by atoms with Gasteiger partial charge in [0.2, 0.25) is 5.43 Å². The smallest absolute Gasteiger partial charge is 0.337 e. The van der Waals surface area contributed by atoms with Crippen molar-refractivity contribution in [2.24, 2.45) is 0 Å². The van der Waals surface area contributed by atoms with Crippen LogP contribution in [0.1, 0.15) is 44.3 Å². The molecule has 6 aromatic rings. The number of carboxylic acid groups (broad SMARTS) is 1. The van der Waals surface area contributed by atoms with Gasteiger partial charge in [-0.15, -0.1) is 0 Å². The number of fused-ring (bicyclic) bond motifs is 2. The molecule has 0 saturated carbocycles. The molecule has 0 radical (unpaired) electrons. The van der Waals surface area contributed by atoms with Gasteiger partial charge in [0.1, 0.15) is 17.1 Å². The second-order valence-corrected chi connectivity index (χ2v) is 16.8. The standard InChI is InChI=1S/C46H32Cl6N6O5/c47-33-17-29-35(36-37(46(61)62)39(50)41(52)40(51)38(36)49)30-18-34(48)43(60)32(24-58(21-27-11-3-7-15-55-27)22-28-12-4-8-16-56-28)45(30)63-44(29)31(42(33)59)23-57(19-25-9-1-5-13-53-25)20-26-10-2-6-14-54-26/h1-18,59H,19-24H2,(H,61,62). The molecule has 0 atom stereocenters. The SMILES string of the molecule is O=C(O)c1c(Cl)c(Cl)c(Cl)c(Cl)c1-c1c2cc(Cl)c(=O)c(CN(Cc3ccccn3)Cc3ccccn3)c-2oc2c(CN(Cc3ccccn3)Cc3ccccn3)c(O)c(Cl)cc12. The second kappa shape index (κ2) is 19.2. The molecule has 318 valence electrons. The fraction of sp³-hybridized carbons (Fsp3) is 0.130. The molecule has 1 aliphatic heterocycles. The van der Waals surface area contributed by atoms with E-state index in [2.05, 4.69) is 19.9 Å². The number of hydrogen-bond acceptors (Lipinski definition) is 10. The molecule has 63 heavy (non-hydrogen) atoms. The predicted molar refractivity (Wildman–Crippen MR) is 246 cm³/mol. The summed E-state index contributed by atoms with van der Waals surface area (Å²) in [5.74, 6) is -1.80. The molecular weight excluding hydrogens is 929 g/mol. The summed E-state index contributed by atoms with van der Waals surface area (Å²) < 4.78 is 6.89. The van der Waals surface area contributed by atoms with Crippen LogP contribution < -0.4 is 5.43 Å². The van der Waals surface area contributed by atoms with Crippen LogP contribution in [0.5, 0.6) is 5.75 Å². The topological polar surface area (TPSA) is 146 Å². The molecule has 5 heterocycles. The molecule has 0 unspecified atom stereocenters. The van der Waals surface area contributed by atoms with Gasteiger partial charge in [0.25, 0.3) is 0 Å². The van der Waals surface area contributed by atoms with E-state index in [0.29, 0.717) is 24.5 Å². The van der Waals surface area contributed by atoms with Gasteiger partial charge in [-0.3, -0.25) is 34.5 Å². The number of carboxylic acids is 1. The van der Waals surface area contributed by atoms with Gasteiger partial charge < -0.3 is 14.6 Å². The number of rotatable bonds is 14. The number of halogens is 6. The van der Waals surface area contributed by atoms with Gasteiger partial charge >= 0.3 is 5.97 Å². The number of aromatic hydroxyl groups is 1. The molecule has 17 heteroatoms. The van der Waals surface area contributed by atoms with E-state index < -0.39 is 17.0 Å². The molecule has 2 N–H and O–H groups in total. The number of phenolic OH excluding ortho intramolecular Hbond substituents is 1. The Bertz CT molecular complexity index is 2920. The lowest BCUT2D eigenvalue weighted by Crippen LogP contribution is -2.27. The summed E-state index contributed by atoms with van der Waals surface area (Å²) >= 11 is 40.6. The van der Waals surface area contributed by atoms with Crippen molar-refractivity contribution in [1.29, 1.82) is 0 Å². The zero-order valence-corrected chi connectivity index (χ0v) is 37.2. The summed E-state index contributed by atoms with van der Waals surface area (Å²) in [6, 6.07) is 24.9. The molecule has 0 bridgehead atoms. The first-order valence-electron chi connectivity index (χ1n) is 19.2. The molecule has 0 fully saturated rings. The average molecular weight is 962 g/mol. The maximum atomic E-state index is 14.5. The molecular formula is C46H32Cl6N6O5. The van der Waals surface area contributed by atoms with Crippen LogP contribution in [0, 0.1) is 0 Å². The van der Waals surface area contributed by atoms with Gasteiger partial charge in [0.05, 0.1) is 69.6 Å². The zero-order chi connectivity index (χ0) is 44.4. The van der Waals surface area contributed by atoms with E-state index in [1.165, 1.54) is 12.1 Å². The van der Waals surface area contributed by atoms with Crippen LogP contribution in [0.3, 0.4) is 0 Å². The number of pyridine rings is 4. The number of aromatic nitrogens is 4. The molecule has 0 spiro atoms. The second-order valence-electron chi connectivity index (χ2n) is 14.5. The van der Waals surface area contributed by atoms with Crippen LogP contribution in [0.2, 0.25) is 30.1 Å². The van der Waals surface area contributed by atoms with Crippen LogP contribution in [-0.4, -0.2) is 45.9 Å². The quantitative estimate of drug-likeness (QED) is 0.0610. The van der Waals surface area contributed by atoms with E-state index in [9.17, 15) is 19.8 Å². The van der Waals surface area contributed by atoms with Crippen LogP contribution in [-0.2, 0) is 39.3 Å². The fourth-order valence-corrected chi connectivity index (χ4v) is 8.96. The molecule has 2 aliphatic rings. The molecule has 1 aliphatic carbocycles. The summed E-state index contributed by atoms with van der Waals surface area (Å²) in [5.41, 5.74) is 2.27. The Morgan fingerprint density at radius 2 is 1.03 bits per heavy atom. The van der Waals surface area contributed by atoms with E-state index in [0.717, 1.165) is 11.4 Å². The number of aromatic carboxylic acids is 1. The summed E-state index contributed by atoms with van der Waals surface area (Å²) in [6.07, 6.45) is 6.70. The highest BCUT2D eigenvalue weighted by Crippen LogP contribution is 2.53. The van der Waals surface area contributed by atoms with E-state index >= 15 is 0 Å². The summed E-state index contributed by atoms with van der Waals surface area (Å²) in [6.45, 7) is 1.08. The van der Waals surface area contributed by atoms with Gasteiger partial charge in [-0.25, -0.2) is 4.79 Å². The third kappa shape index (κ3) is 9.34.